The summed E-state index contributed by atoms with van der Waals surface area (Å²) < 4.78 is 5.17. The van der Waals surface area contributed by atoms with Crippen molar-refractivity contribution in [2.24, 2.45) is 0 Å². The minimum absolute atomic E-state index is 0.0960. The Kier molecular flexibility index (Phi) is 4.85. The molecule has 1 aromatic carbocycles. The first-order valence-corrected chi connectivity index (χ1v) is 8.34. The number of hydrogen-bond acceptors (Lipinski definition) is 5. The Balaban J connectivity index is 1.84. The number of carbonyl (C=O) groups excluding carboxylic acids is 1. The molecule has 2 heterocycles. The molecule has 1 aliphatic heterocycles. The zero-order valence-electron chi connectivity index (χ0n) is 14.5. The Bertz CT molecular complexity index is 941. The normalized spacial score (nSPS) is 15.2. The average Bonchev–Trinajstić information content (AvgIpc) is 2.60. The number of fused-ring (bicyclic) bond motifs is 1. The predicted octanol–water partition coefficient (Wildman–Crippen LogP) is 0.618. The van der Waals surface area contributed by atoms with E-state index in [1.54, 1.807) is 4.90 Å². The third kappa shape index (κ3) is 3.65. The molecule has 0 bridgehead atoms. The standard InChI is InChI=1S/C18H19N3O5/c1-12(2)11-19-5-7-20(8-6-19)17(22)15-10-13-9-14(21(24)25)3-4-16(13)26-18(15)23/h3-4,9-10H,1,5-8,11H2,2H3/p+1. The number of rotatable bonds is 4. The second-order valence-electron chi connectivity index (χ2n) is 6.60. The van der Waals surface area contributed by atoms with Crippen molar-refractivity contribution in [1.29, 1.82) is 0 Å². The van der Waals surface area contributed by atoms with Crippen molar-refractivity contribution in [3.63, 3.8) is 0 Å². The molecule has 2 aromatic rings. The predicted molar refractivity (Wildman–Crippen MR) is 95.4 cm³/mol. The van der Waals surface area contributed by atoms with Crippen LogP contribution in [0.15, 0.2) is 45.6 Å². The topological polar surface area (TPSA) is 98.1 Å². The fourth-order valence-electron chi connectivity index (χ4n) is 3.17. The molecule has 0 radical (unpaired) electrons. The molecule has 3 rings (SSSR count). The molecular weight excluding hydrogens is 338 g/mol. The Labute approximate surface area is 149 Å². The minimum Gasteiger partial charge on any atom is -0.422 e. The van der Waals surface area contributed by atoms with Crippen LogP contribution in [-0.4, -0.2) is 48.5 Å². The summed E-state index contributed by atoms with van der Waals surface area (Å²) >= 11 is 0. The Morgan fingerprint density at radius 1 is 1.35 bits per heavy atom. The van der Waals surface area contributed by atoms with E-state index in [0.717, 1.165) is 25.2 Å². The fraction of sp³-hybridized carbons (Fsp3) is 0.333. The van der Waals surface area contributed by atoms with Gasteiger partial charge < -0.3 is 14.2 Å². The van der Waals surface area contributed by atoms with Crippen LogP contribution >= 0.6 is 0 Å². The Hall–Kier alpha value is -3.00. The van der Waals surface area contributed by atoms with E-state index in [4.69, 9.17) is 4.42 Å². The maximum Gasteiger partial charge on any atom is 0.349 e. The maximum absolute atomic E-state index is 12.7. The van der Waals surface area contributed by atoms with E-state index in [1.165, 1.54) is 29.2 Å². The molecule has 26 heavy (non-hydrogen) atoms. The van der Waals surface area contributed by atoms with Gasteiger partial charge in [0.2, 0.25) is 0 Å². The number of piperazine rings is 1. The van der Waals surface area contributed by atoms with Gasteiger partial charge in [0.25, 0.3) is 11.6 Å². The molecule has 8 nitrogen and oxygen atoms in total. The molecule has 1 fully saturated rings. The summed E-state index contributed by atoms with van der Waals surface area (Å²) in [7, 11) is 0. The van der Waals surface area contributed by atoms with Crippen molar-refractivity contribution in [3.05, 3.63) is 62.5 Å². The second-order valence-corrected chi connectivity index (χ2v) is 6.60. The van der Waals surface area contributed by atoms with Crippen molar-refractivity contribution in [1.82, 2.24) is 4.90 Å². The number of non-ortho nitro benzene ring substituents is 1. The highest BCUT2D eigenvalue weighted by Gasteiger charge is 2.27. The summed E-state index contributed by atoms with van der Waals surface area (Å²) in [6, 6.07) is 5.30. The van der Waals surface area contributed by atoms with Crippen LogP contribution in [0.2, 0.25) is 0 Å². The lowest BCUT2D eigenvalue weighted by atomic mass is 10.1. The highest BCUT2D eigenvalue weighted by molar-refractivity contribution is 5.97. The van der Waals surface area contributed by atoms with Gasteiger partial charge in [0, 0.05) is 17.5 Å². The number of nitro benzene ring substituents is 1. The first kappa shape index (κ1) is 17.8. The lowest BCUT2D eigenvalue weighted by Crippen LogP contribution is -3.15. The molecule has 0 spiro atoms. The van der Waals surface area contributed by atoms with Crippen LogP contribution < -0.4 is 10.5 Å². The van der Waals surface area contributed by atoms with E-state index in [9.17, 15) is 19.7 Å². The number of nitro groups is 1. The van der Waals surface area contributed by atoms with E-state index in [2.05, 4.69) is 6.58 Å². The van der Waals surface area contributed by atoms with Gasteiger partial charge in [-0.2, -0.15) is 0 Å². The molecular formula is C18H20N3O5+. The smallest absolute Gasteiger partial charge is 0.349 e. The number of amides is 1. The highest BCUT2D eigenvalue weighted by atomic mass is 16.6. The lowest BCUT2D eigenvalue weighted by Gasteiger charge is -2.32. The van der Waals surface area contributed by atoms with Crippen molar-refractivity contribution in [2.45, 2.75) is 6.92 Å². The first-order chi connectivity index (χ1) is 12.3. The lowest BCUT2D eigenvalue weighted by molar-refractivity contribution is -0.899. The van der Waals surface area contributed by atoms with Crippen molar-refractivity contribution in [3.8, 4) is 0 Å². The summed E-state index contributed by atoms with van der Waals surface area (Å²) in [6.45, 7) is 9.38. The number of hydrogen-bond donors (Lipinski definition) is 1. The SMILES string of the molecule is C=C(C)C[NH+]1CCN(C(=O)c2cc3cc([N+](=O)[O-])ccc3oc2=O)CC1. The number of benzene rings is 1. The Morgan fingerprint density at radius 3 is 2.65 bits per heavy atom. The van der Waals surface area contributed by atoms with Crippen molar-refractivity contribution >= 4 is 22.6 Å². The third-order valence-corrected chi connectivity index (χ3v) is 4.47. The molecule has 0 aliphatic carbocycles. The first-order valence-electron chi connectivity index (χ1n) is 8.34. The van der Waals surface area contributed by atoms with Crippen molar-refractivity contribution in [2.75, 3.05) is 32.7 Å². The molecule has 8 heteroatoms. The Morgan fingerprint density at radius 2 is 2.04 bits per heavy atom. The van der Waals surface area contributed by atoms with Gasteiger partial charge in [-0.1, -0.05) is 6.58 Å². The molecule has 0 saturated carbocycles. The van der Waals surface area contributed by atoms with Gasteiger partial charge in [0.15, 0.2) is 0 Å². The van der Waals surface area contributed by atoms with Crippen LogP contribution in [0.3, 0.4) is 0 Å². The zero-order valence-corrected chi connectivity index (χ0v) is 14.5. The fourth-order valence-corrected chi connectivity index (χ4v) is 3.17. The molecule has 1 aromatic heterocycles. The summed E-state index contributed by atoms with van der Waals surface area (Å²) in [6.07, 6.45) is 0. The highest BCUT2D eigenvalue weighted by Crippen LogP contribution is 2.20. The van der Waals surface area contributed by atoms with Crippen molar-refractivity contribution < 1.29 is 19.0 Å². The summed E-state index contributed by atoms with van der Waals surface area (Å²) in [4.78, 5) is 38.3. The van der Waals surface area contributed by atoms with Gasteiger partial charge >= 0.3 is 5.63 Å². The quantitative estimate of drug-likeness (QED) is 0.374. The molecule has 1 amide bonds. The van der Waals surface area contributed by atoms with E-state index in [1.807, 2.05) is 6.92 Å². The van der Waals surface area contributed by atoms with Crippen LogP contribution in [0.25, 0.3) is 11.0 Å². The van der Waals surface area contributed by atoms with Gasteiger partial charge in [-0.3, -0.25) is 14.9 Å². The van der Waals surface area contributed by atoms with Crippen LogP contribution in [-0.2, 0) is 0 Å². The molecule has 136 valence electrons. The molecule has 0 atom stereocenters. The van der Waals surface area contributed by atoms with E-state index in [0.29, 0.717) is 18.5 Å². The van der Waals surface area contributed by atoms with Gasteiger partial charge in [0.05, 0.1) is 37.6 Å². The average molecular weight is 358 g/mol. The van der Waals surface area contributed by atoms with Gasteiger partial charge in [-0.05, 0) is 24.6 Å². The monoisotopic (exact) mass is 358 g/mol. The van der Waals surface area contributed by atoms with E-state index in [-0.39, 0.29) is 16.8 Å². The zero-order chi connectivity index (χ0) is 18.8. The molecule has 1 aliphatic rings. The third-order valence-electron chi connectivity index (χ3n) is 4.47. The largest absolute Gasteiger partial charge is 0.422 e. The van der Waals surface area contributed by atoms with Gasteiger partial charge in [-0.25, -0.2) is 4.79 Å². The summed E-state index contributed by atoms with van der Waals surface area (Å²) in [5.41, 5.74) is 0.362. The maximum atomic E-state index is 12.7. The molecule has 1 saturated heterocycles. The number of nitrogens with zero attached hydrogens (tertiary/aromatic N) is 2. The van der Waals surface area contributed by atoms with Gasteiger partial charge in [0.1, 0.15) is 11.1 Å². The van der Waals surface area contributed by atoms with Crippen LogP contribution in [0, 0.1) is 10.1 Å². The molecule has 0 unspecified atom stereocenters. The van der Waals surface area contributed by atoms with Crippen LogP contribution in [0.1, 0.15) is 17.3 Å². The number of nitrogens with one attached hydrogen (secondary N) is 1. The van der Waals surface area contributed by atoms with Crippen LogP contribution in [0.4, 0.5) is 5.69 Å². The number of carbonyl (C=O) groups is 1. The summed E-state index contributed by atoms with van der Waals surface area (Å²) in [5, 5.41) is 11.3. The van der Waals surface area contributed by atoms with E-state index < -0.39 is 16.5 Å². The number of quaternary nitrogens is 1. The second kappa shape index (κ2) is 7.09. The van der Waals surface area contributed by atoms with Crippen LogP contribution in [0.5, 0.6) is 0 Å². The van der Waals surface area contributed by atoms with E-state index >= 15 is 0 Å². The minimum atomic E-state index is -0.729. The summed E-state index contributed by atoms with van der Waals surface area (Å²) in [5.74, 6) is -0.401. The molecule has 1 N–H and O–H groups in total. The van der Waals surface area contributed by atoms with Gasteiger partial charge in [-0.15, -0.1) is 0 Å².